The number of hydrogen-bond acceptors (Lipinski definition) is 4. The van der Waals surface area contributed by atoms with Crippen molar-refractivity contribution in [3.05, 3.63) is 45.4 Å². The van der Waals surface area contributed by atoms with Gasteiger partial charge in [0.2, 0.25) is 0 Å². The number of nitrogens with one attached hydrogen (secondary N) is 1. The van der Waals surface area contributed by atoms with E-state index in [1.807, 2.05) is 38.1 Å². The van der Waals surface area contributed by atoms with E-state index in [0.717, 1.165) is 22.9 Å². The van der Waals surface area contributed by atoms with Gasteiger partial charge in [0.05, 0.1) is 5.69 Å². The lowest BCUT2D eigenvalue weighted by Crippen LogP contribution is -2.40. The highest BCUT2D eigenvalue weighted by molar-refractivity contribution is 7.13. The highest BCUT2D eigenvalue weighted by Crippen LogP contribution is 2.25. The van der Waals surface area contributed by atoms with E-state index in [1.165, 1.54) is 36.2 Å². The second-order valence-corrected chi connectivity index (χ2v) is 8.05. The highest BCUT2D eigenvalue weighted by atomic mass is 32.1. The molecule has 2 aromatic rings. The van der Waals surface area contributed by atoms with Gasteiger partial charge in [-0.15, -0.1) is 11.3 Å². The lowest BCUT2D eigenvalue weighted by atomic mass is 9.86. The zero-order valence-corrected chi connectivity index (χ0v) is 16.0. The number of nitrogens with zero attached hydrogens (tertiary/aromatic N) is 1. The number of amides is 1. The second kappa shape index (κ2) is 8.00. The first-order valence-corrected chi connectivity index (χ1v) is 9.81. The quantitative estimate of drug-likeness (QED) is 0.846. The summed E-state index contributed by atoms with van der Waals surface area (Å²) in [5.41, 5.74) is 1.99. The first-order chi connectivity index (χ1) is 12.0. The monoisotopic (exact) mass is 358 g/mol. The molecule has 0 saturated heterocycles. The zero-order chi connectivity index (χ0) is 17.8. The van der Waals surface area contributed by atoms with Crippen molar-refractivity contribution in [2.45, 2.75) is 59.1 Å². The molecule has 1 saturated carbocycles. The topological polar surface area (TPSA) is 51.2 Å². The van der Waals surface area contributed by atoms with E-state index in [9.17, 15) is 4.79 Å². The van der Waals surface area contributed by atoms with Crippen LogP contribution in [-0.4, -0.2) is 16.9 Å². The summed E-state index contributed by atoms with van der Waals surface area (Å²) in [4.78, 5) is 17.8. The van der Waals surface area contributed by atoms with Crippen LogP contribution in [0.25, 0.3) is 0 Å². The molecule has 4 nitrogen and oxygen atoms in total. The van der Waals surface area contributed by atoms with Crippen LogP contribution in [-0.2, 0) is 6.61 Å². The molecule has 2 atom stereocenters. The Labute approximate surface area is 153 Å². The minimum Gasteiger partial charge on any atom is -0.486 e. The summed E-state index contributed by atoms with van der Waals surface area (Å²) >= 11 is 1.43. The van der Waals surface area contributed by atoms with Gasteiger partial charge < -0.3 is 10.1 Å². The predicted molar refractivity (Wildman–Crippen MR) is 101 cm³/mol. The summed E-state index contributed by atoms with van der Waals surface area (Å²) in [6, 6.07) is 8.23. The van der Waals surface area contributed by atoms with Crippen molar-refractivity contribution >= 4 is 17.2 Å². The van der Waals surface area contributed by atoms with Crippen LogP contribution >= 0.6 is 11.3 Å². The molecule has 5 heteroatoms. The summed E-state index contributed by atoms with van der Waals surface area (Å²) < 4.78 is 5.78. The Morgan fingerprint density at radius 1 is 1.24 bits per heavy atom. The van der Waals surface area contributed by atoms with Crippen LogP contribution in [0.4, 0.5) is 0 Å². The average molecular weight is 359 g/mol. The van der Waals surface area contributed by atoms with Gasteiger partial charge >= 0.3 is 0 Å². The Kier molecular flexibility index (Phi) is 5.74. The molecule has 1 amide bonds. The van der Waals surface area contributed by atoms with Crippen LogP contribution in [0.1, 0.15) is 58.5 Å². The molecule has 3 rings (SSSR count). The maximum Gasteiger partial charge on any atom is 0.263 e. The molecule has 1 aliphatic rings. The first-order valence-electron chi connectivity index (χ1n) is 8.99. The van der Waals surface area contributed by atoms with Crippen molar-refractivity contribution in [3.63, 3.8) is 0 Å². The Morgan fingerprint density at radius 2 is 1.96 bits per heavy atom. The van der Waals surface area contributed by atoms with Gasteiger partial charge in [-0.25, -0.2) is 4.98 Å². The van der Waals surface area contributed by atoms with Crippen molar-refractivity contribution < 1.29 is 9.53 Å². The van der Waals surface area contributed by atoms with E-state index in [4.69, 9.17) is 4.74 Å². The van der Waals surface area contributed by atoms with Crippen LogP contribution in [0.15, 0.2) is 24.3 Å². The summed E-state index contributed by atoms with van der Waals surface area (Å²) in [7, 11) is 0. The number of benzene rings is 1. The maximum atomic E-state index is 12.6. The molecule has 1 aromatic heterocycles. The molecule has 25 heavy (non-hydrogen) atoms. The van der Waals surface area contributed by atoms with E-state index >= 15 is 0 Å². The number of aromatic nitrogens is 1. The molecule has 0 aliphatic heterocycles. The predicted octanol–water partition coefficient (Wildman–Crippen LogP) is 4.65. The fraction of sp³-hybridized carbons (Fsp3) is 0.500. The first kappa shape index (κ1) is 17.9. The smallest absolute Gasteiger partial charge is 0.263 e. The lowest BCUT2D eigenvalue weighted by Gasteiger charge is -2.29. The molecule has 0 unspecified atom stereocenters. The van der Waals surface area contributed by atoms with Gasteiger partial charge in [-0.1, -0.05) is 37.5 Å². The minimum absolute atomic E-state index is 0.00957. The zero-order valence-electron chi connectivity index (χ0n) is 15.2. The molecule has 1 fully saturated rings. The normalized spacial score (nSPS) is 20.3. The molecule has 0 radical (unpaired) electrons. The molecule has 1 aliphatic carbocycles. The second-order valence-electron chi connectivity index (χ2n) is 6.97. The van der Waals surface area contributed by atoms with Crippen molar-refractivity contribution in [1.82, 2.24) is 10.3 Å². The number of carbonyl (C=O) groups excluding carboxylic acids is 1. The molecule has 0 bridgehead atoms. The lowest BCUT2D eigenvalue weighted by molar-refractivity contribution is 0.0913. The van der Waals surface area contributed by atoms with Crippen LogP contribution in [0.2, 0.25) is 0 Å². The number of aryl methyl sites for hydroxylation is 2. The van der Waals surface area contributed by atoms with Gasteiger partial charge in [0.25, 0.3) is 5.91 Å². The summed E-state index contributed by atoms with van der Waals surface area (Å²) in [6.45, 7) is 6.56. The van der Waals surface area contributed by atoms with E-state index in [1.54, 1.807) is 0 Å². The third-order valence-electron chi connectivity index (χ3n) is 4.86. The largest absolute Gasteiger partial charge is 0.486 e. The minimum atomic E-state index is 0.00957. The number of thiazole rings is 1. The Balaban J connectivity index is 1.61. The fourth-order valence-corrected chi connectivity index (χ4v) is 4.15. The Morgan fingerprint density at radius 3 is 2.68 bits per heavy atom. The van der Waals surface area contributed by atoms with Crippen molar-refractivity contribution in [3.8, 4) is 5.75 Å². The van der Waals surface area contributed by atoms with Gasteiger partial charge in [0.1, 0.15) is 22.2 Å². The molecule has 1 N–H and O–H groups in total. The summed E-state index contributed by atoms with van der Waals surface area (Å²) in [5, 5.41) is 4.04. The fourth-order valence-electron chi connectivity index (χ4n) is 3.27. The maximum absolute atomic E-state index is 12.6. The molecular formula is C20H26N2O2S. The SMILES string of the molecule is Cc1ccc(OCc2nc(C)c(C(=O)N[C@H]3CCCC[C@H]3C)s2)cc1. The van der Waals surface area contributed by atoms with Gasteiger partial charge in [-0.2, -0.15) is 0 Å². The average Bonchev–Trinajstić information content (AvgIpc) is 2.97. The van der Waals surface area contributed by atoms with E-state index in [0.29, 0.717) is 17.4 Å². The molecule has 134 valence electrons. The Bertz CT molecular complexity index is 724. The van der Waals surface area contributed by atoms with E-state index in [2.05, 4.69) is 17.2 Å². The Hall–Kier alpha value is -1.88. The van der Waals surface area contributed by atoms with E-state index < -0.39 is 0 Å². The van der Waals surface area contributed by atoms with Crippen molar-refractivity contribution in [1.29, 1.82) is 0 Å². The highest BCUT2D eigenvalue weighted by Gasteiger charge is 2.25. The van der Waals surface area contributed by atoms with Crippen LogP contribution in [0, 0.1) is 19.8 Å². The summed E-state index contributed by atoms with van der Waals surface area (Å²) in [6.07, 6.45) is 4.75. The third kappa shape index (κ3) is 4.60. The molecule has 1 heterocycles. The van der Waals surface area contributed by atoms with Gasteiger partial charge in [-0.3, -0.25) is 4.79 Å². The van der Waals surface area contributed by atoms with Gasteiger partial charge in [0, 0.05) is 6.04 Å². The molecule has 1 aromatic carbocycles. The third-order valence-corrected chi connectivity index (χ3v) is 5.99. The van der Waals surface area contributed by atoms with Crippen molar-refractivity contribution in [2.75, 3.05) is 0 Å². The number of hydrogen-bond donors (Lipinski definition) is 1. The number of carbonyl (C=O) groups is 1. The van der Waals surface area contributed by atoms with Gasteiger partial charge in [-0.05, 0) is 44.7 Å². The number of rotatable bonds is 5. The molecular weight excluding hydrogens is 332 g/mol. The van der Waals surface area contributed by atoms with Gasteiger partial charge in [0.15, 0.2) is 0 Å². The van der Waals surface area contributed by atoms with Crippen LogP contribution in [0.5, 0.6) is 5.75 Å². The standard InChI is InChI=1S/C20H26N2O2S/c1-13-8-10-16(11-9-13)24-12-18-21-15(3)19(25-18)20(23)22-17-7-5-4-6-14(17)2/h8-11,14,17H,4-7,12H2,1-3H3,(H,22,23)/t14-,17+/m1/s1. The summed E-state index contributed by atoms with van der Waals surface area (Å²) in [5.74, 6) is 1.38. The van der Waals surface area contributed by atoms with Crippen molar-refractivity contribution in [2.24, 2.45) is 5.92 Å². The van der Waals surface area contributed by atoms with Crippen LogP contribution < -0.4 is 10.1 Å². The number of ether oxygens (including phenoxy) is 1. The molecule has 0 spiro atoms. The van der Waals surface area contributed by atoms with Crippen LogP contribution in [0.3, 0.4) is 0 Å². The van der Waals surface area contributed by atoms with E-state index in [-0.39, 0.29) is 11.9 Å².